The van der Waals surface area contributed by atoms with Crippen molar-refractivity contribution in [3.63, 3.8) is 0 Å². The van der Waals surface area contributed by atoms with Gasteiger partial charge in [-0.1, -0.05) is 30.3 Å². The van der Waals surface area contributed by atoms with Gasteiger partial charge in [0.1, 0.15) is 5.38 Å². The molecule has 0 fully saturated rings. The molecule has 2 aromatic rings. The second-order valence-corrected chi connectivity index (χ2v) is 4.72. The van der Waals surface area contributed by atoms with Crippen molar-refractivity contribution < 1.29 is 14.5 Å². The number of benzene rings is 2. The summed E-state index contributed by atoms with van der Waals surface area (Å²) in [5.41, 5.74) is 0.739. The summed E-state index contributed by atoms with van der Waals surface area (Å²) in [6.45, 7) is 0. The van der Waals surface area contributed by atoms with Crippen molar-refractivity contribution >= 4 is 23.1 Å². The molecule has 5 nitrogen and oxygen atoms in total. The minimum atomic E-state index is -0.850. The normalized spacial score (nSPS) is 11.7. The third-order valence-electron chi connectivity index (χ3n) is 2.98. The number of alkyl halides is 1. The average Bonchev–Trinajstić information content (AvgIpc) is 2.53. The summed E-state index contributed by atoms with van der Waals surface area (Å²) >= 11 is 6.16. The summed E-state index contributed by atoms with van der Waals surface area (Å²) < 4.78 is 4.95. The van der Waals surface area contributed by atoms with Crippen LogP contribution in [0.4, 0.5) is 5.69 Å². The van der Waals surface area contributed by atoms with Gasteiger partial charge in [-0.05, 0) is 17.7 Å². The fourth-order valence-corrected chi connectivity index (χ4v) is 2.17. The second-order valence-electron chi connectivity index (χ2n) is 4.28. The highest BCUT2D eigenvalue weighted by Crippen LogP contribution is 2.31. The molecule has 6 heteroatoms. The van der Waals surface area contributed by atoms with Gasteiger partial charge < -0.3 is 4.74 Å². The molecule has 0 heterocycles. The molecule has 0 saturated heterocycles. The molecule has 0 saturated carbocycles. The molecule has 2 aromatic carbocycles. The van der Waals surface area contributed by atoms with E-state index < -0.39 is 10.3 Å². The molecule has 0 aliphatic heterocycles. The summed E-state index contributed by atoms with van der Waals surface area (Å²) in [7, 11) is 1.31. The van der Waals surface area contributed by atoms with Crippen molar-refractivity contribution in [1.82, 2.24) is 0 Å². The number of methoxy groups -OCH3 is 1. The monoisotopic (exact) mass is 305 g/mol. The molecule has 0 aliphatic carbocycles. The average molecular weight is 306 g/mol. The first-order valence-corrected chi connectivity index (χ1v) is 6.54. The van der Waals surface area contributed by atoms with Gasteiger partial charge in [-0.25, -0.2) is 0 Å². The number of hydrogen-bond donors (Lipinski definition) is 0. The number of carbonyl (C=O) groups excluding carboxylic acids is 1. The molecule has 0 bridgehead atoms. The van der Waals surface area contributed by atoms with Crippen molar-refractivity contribution in [1.29, 1.82) is 0 Å². The van der Waals surface area contributed by atoms with E-state index in [9.17, 15) is 14.9 Å². The maximum atomic E-state index is 12.3. The standard InChI is InChI=1S/C15H12ClNO4/c1-21-13-9-11(7-8-12(13)17(19)20)15(18)14(16)10-5-3-2-4-6-10/h2-9,14H,1H3. The maximum Gasteiger partial charge on any atom is 0.310 e. The largest absolute Gasteiger partial charge is 0.490 e. The van der Waals surface area contributed by atoms with E-state index in [1.807, 2.05) is 6.07 Å². The Hall–Kier alpha value is -2.40. The topological polar surface area (TPSA) is 69.4 Å². The molecule has 0 amide bonds. The van der Waals surface area contributed by atoms with Crippen LogP contribution in [-0.2, 0) is 0 Å². The van der Waals surface area contributed by atoms with Gasteiger partial charge in [0.15, 0.2) is 11.5 Å². The summed E-state index contributed by atoms with van der Waals surface area (Å²) in [6.07, 6.45) is 0. The Morgan fingerprint density at radius 1 is 1.24 bits per heavy atom. The van der Waals surface area contributed by atoms with Crippen LogP contribution in [0.15, 0.2) is 48.5 Å². The highest BCUT2D eigenvalue weighted by molar-refractivity contribution is 6.33. The molecule has 2 rings (SSSR count). The molecule has 1 atom stereocenters. The van der Waals surface area contributed by atoms with Crippen LogP contribution in [0.1, 0.15) is 21.3 Å². The summed E-state index contributed by atoms with van der Waals surface area (Å²) in [6, 6.07) is 12.8. The van der Waals surface area contributed by atoms with E-state index in [1.54, 1.807) is 24.3 Å². The molecule has 0 aliphatic rings. The fraction of sp³-hybridized carbons (Fsp3) is 0.133. The van der Waals surface area contributed by atoms with E-state index in [2.05, 4.69) is 0 Å². The molecule has 1 unspecified atom stereocenters. The van der Waals surface area contributed by atoms with Crippen LogP contribution in [0.25, 0.3) is 0 Å². The van der Waals surface area contributed by atoms with E-state index >= 15 is 0 Å². The minimum Gasteiger partial charge on any atom is -0.490 e. The van der Waals surface area contributed by atoms with Gasteiger partial charge in [-0.3, -0.25) is 14.9 Å². The summed E-state index contributed by atoms with van der Waals surface area (Å²) in [5, 5.41) is 9.98. The van der Waals surface area contributed by atoms with Crippen LogP contribution < -0.4 is 4.74 Å². The number of nitro benzene ring substituents is 1. The number of carbonyl (C=O) groups is 1. The van der Waals surface area contributed by atoms with Gasteiger partial charge in [-0.15, -0.1) is 11.6 Å². The van der Waals surface area contributed by atoms with E-state index in [1.165, 1.54) is 25.3 Å². The summed E-state index contributed by atoms with van der Waals surface area (Å²) in [5.74, 6) is -0.307. The lowest BCUT2D eigenvalue weighted by Crippen LogP contribution is -2.08. The number of ether oxygens (including phenoxy) is 1. The maximum absolute atomic E-state index is 12.3. The van der Waals surface area contributed by atoms with Crippen LogP contribution in [0.5, 0.6) is 5.75 Å². The molecular formula is C15H12ClNO4. The predicted molar refractivity (Wildman–Crippen MR) is 79.0 cm³/mol. The predicted octanol–water partition coefficient (Wildman–Crippen LogP) is 3.77. The molecular weight excluding hydrogens is 294 g/mol. The number of Topliss-reactive ketones (excluding diaryl/α,β-unsaturated/α-hetero) is 1. The second kappa shape index (κ2) is 6.37. The quantitative estimate of drug-likeness (QED) is 0.365. The van der Waals surface area contributed by atoms with E-state index in [0.29, 0.717) is 5.56 Å². The van der Waals surface area contributed by atoms with Crippen LogP contribution in [0.3, 0.4) is 0 Å². The van der Waals surface area contributed by atoms with Gasteiger partial charge in [-0.2, -0.15) is 0 Å². The van der Waals surface area contributed by atoms with Crippen molar-refractivity contribution in [2.24, 2.45) is 0 Å². The highest BCUT2D eigenvalue weighted by atomic mass is 35.5. The Labute approximate surface area is 126 Å². The van der Waals surface area contributed by atoms with Crippen molar-refractivity contribution in [3.8, 4) is 5.75 Å². The third-order valence-corrected chi connectivity index (χ3v) is 3.43. The molecule has 21 heavy (non-hydrogen) atoms. The van der Waals surface area contributed by atoms with E-state index in [4.69, 9.17) is 16.3 Å². The number of nitro groups is 1. The Morgan fingerprint density at radius 2 is 1.90 bits per heavy atom. The Morgan fingerprint density at radius 3 is 2.48 bits per heavy atom. The van der Waals surface area contributed by atoms with Crippen molar-refractivity contribution in [3.05, 3.63) is 69.8 Å². The first kappa shape index (κ1) is 15.0. The molecule has 0 aromatic heterocycles. The Bertz CT molecular complexity index is 673. The first-order valence-electron chi connectivity index (χ1n) is 6.10. The van der Waals surface area contributed by atoms with Crippen molar-refractivity contribution in [2.75, 3.05) is 7.11 Å². The fourth-order valence-electron chi connectivity index (χ4n) is 1.90. The van der Waals surface area contributed by atoms with Crippen LogP contribution in [-0.4, -0.2) is 17.8 Å². The van der Waals surface area contributed by atoms with Crippen LogP contribution in [0, 0.1) is 10.1 Å². The van der Waals surface area contributed by atoms with Crippen LogP contribution in [0.2, 0.25) is 0 Å². The number of rotatable bonds is 5. The molecule has 108 valence electrons. The molecule has 0 spiro atoms. The number of ketones is 1. The molecule has 0 radical (unpaired) electrons. The number of halogens is 1. The SMILES string of the molecule is COc1cc(C(=O)C(Cl)c2ccccc2)ccc1[N+](=O)[O-]. The first-order chi connectivity index (χ1) is 10.0. The minimum absolute atomic E-state index is 0.0304. The number of hydrogen-bond acceptors (Lipinski definition) is 4. The zero-order valence-electron chi connectivity index (χ0n) is 11.2. The van der Waals surface area contributed by atoms with Gasteiger partial charge >= 0.3 is 5.69 Å². The van der Waals surface area contributed by atoms with E-state index in [-0.39, 0.29) is 22.8 Å². The Kier molecular flexibility index (Phi) is 4.55. The lowest BCUT2D eigenvalue weighted by molar-refractivity contribution is -0.385. The summed E-state index contributed by atoms with van der Waals surface area (Å²) in [4.78, 5) is 22.6. The highest BCUT2D eigenvalue weighted by Gasteiger charge is 2.22. The number of nitrogens with zero attached hydrogens (tertiary/aromatic N) is 1. The smallest absolute Gasteiger partial charge is 0.310 e. The lowest BCUT2D eigenvalue weighted by Gasteiger charge is -2.10. The third kappa shape index (κ3) is 3.20. The zero-order chi connectivity index (χ0) is 15.4. The zero-order valence-corrected chi connectivity index (χ0v) is 11.9. The van der Waals surface area contributed by atoms with Gasteiger partial charge in [0.25, 0.3) is 0 Å². The van der Waals surface area contributed by atoms with Gasteiger partial charge in [0.05, 0.1) is 12.0 Å². The van der Waals surface area contributed by atoms with Crippen LogP contribution >= 0.6 is 11.6 Å². The Balaban J connectivity index is 2.34. The van der Waals surface area contributed by atoms with Crippen molar-refractivity contribution in [2.45, 2.75) is 5.38 Å². The van der Waals surface area contributed by atoms with Gasteiger partial charge in [0.2, 0.25) is 0 Å². The van der Waals surface area contributed by atoms with E-state index in [0.717, 1.165) is 0 Å². The molecule has 0 N–H and O–H groups in total. The lowest BCUT2D eigenvalue weighted by atomic mass is 10.0. The van der Waals surface area contributed by atoms with Gasteiger partial charge in [0, 0.05) is 11.6 Å².